The van der Waals surface area contributed by atoms with Gasteiger partial charge in [0.1, 0.15) is 0 Å². The fraction of sp³-hybridized carbons (Fsp3) is 0.692. The zero-order valence-electron chi connectivity index (χ0n) is 20.4. The summed E-state index contributed by atoms with van der Waals surface area (Å²) >= 11 is 0. The van der Waals surface area contributed by atoms with Crippen LogP contribution in [0.5, 0.6) is 0 Å². The number of amides is 2. The second-order valence-electron chi connectivity index (χ2n) is 11.0. The molecule has 1 aromatic rings. The second-order valence-corrected chi connectivity index (χ2v) is 11.0. The van der Waals surface area contributed by atoms with Crippen LogP contribution < -0.4 is 16.1 Å². The minimum atomic E-state index is 0.00848. The Labute approximate surface area is 202 Å². The maximum absolute atomic E-state index is 13.4. The summed E-state index contributed by atoms with van der Waals surface area (Å²) in [5.41, 5.74) is 5.34. The molecule has 5 rings (SSSR count). The van der Waals surface area contributed by atoms with E-state index in [1.165, 1.54) is 12.8 Å². The third-order valence-electron chi connectivity index (χ3n) is 8.23. The van der Waals surface area contributed by atoms with E-state index in [1.54, 1.807) is 0 Å². The molecule has 34 heavy (non-hydrogen) atoms. The van der Waals surface area contributed by atoms with Gasteiger partial charge in [-0.1, -0.05) is 0 Å². The van der Waals surface area contributed by atoms with E-state index in [9.17, 15) is 14.8 Å². The molecule has 3 heterocycles. The van der Waals surface area contributed by atoms with Crippen LogP contribution in [0, 0.1) is 18.3 Å². The molecule has 2 amide bonds. The Bertz CT molecular complexity index is 925. The maximum Gasteiger partial charge on any atom is 0.256 e. The van der Waals surface area contributed by atoms with E-state index in [0.717, 1.165) is 76.8 Å². The first-order valence-corrected chi connectivity index (χ1v) is 13.1. The Balaban J connectivity index is 1.31. The lowest BCUT2D eigenvalue weighted by Gasteiger charge is -2.38. The molecule has 2 atom stereocenters. The van der Waals surface area contributed by atoms with Crippen molar-refractivity contribution in [2.45, 2.75) is 64.3 Å². The quantitative estimate of drug-likeness (QED) is 0.495. The number of rotatable bonds is 5. The number of benzene rings is 1. The molecule has 8 nitrogen and oxygen atoms in total. The molecular weight excluding hydrogens is 430 g/mol. The zero-order valence-corrected chi connectivity index (χ0v) is 20.4. The van der Waals surface area contributed by atoms with Crippen molar-refractivity contribution in [2.75, 3.05) is 50.1 Å². The topological polar surface area (TPSA) is 96.9 Å². The van der Waals surface area contributed by atoms with Crippen LogP contribution in [-0.2, 0) is 4.79 Å². The minimum Gasteiger partial charge on any atom is -0.378 e. The number of carbonyl (C=O) groups excluding carboxylic acids is 2. The highest BCUT2D eigenvalue weighted by atomic mass is 16.5. The third-order valence-corrected chi connectivity index (χ3v) is 8.23. The summed E-state index contributed by atoms with van der Waals surface area (Å²) in [4.78, 5) is 30.7. The average Bonchev–Trinajstić information content (AvgIpc) is 3.62. The first-order chi connectivity index (χ1) is 16.5. The van der Waals surface area contributed by atoms with Gasteiger partial charge < -0.3 is 20.4 Å². The Morgan fingerprint density at radius 3 is 2.59 bits per heavy atom. The summed E-state index contributed by atoms with van der Waals surface area (Å²) in [5, 5.41) is 16.9. The predicted octanol–water partition coefficient (Wildman–Crippen LogP) is 3.21. The summed E-state index contributed by atoms with van der Waals surface area (Å²) in [5.74, 6) is 0.341. The van der Waals surface area contributed by atoms with Crippen molar-refractivity contribution in [1.29, 1.82) is 0 Å². The molecule has 8 heteroatoms. The van der Waals surface area contributed by atoms with Gasteiger partial charge in [0.15, 0.2) is 0 Å². The molecule has 1 saturated carbocycles. The van der Waals surface area contributed by atoms with Crippen LogP contribution in [0.2, 0.25) is 0 Å². The number of hydrogen-bond acceptors (Lipinski definition) is 6. The van der Waals surface area contributed by atoms with Gasteiger partial charge in [0.05, 0.1) is 22.9 Å². The Kier molecular flexibility index (Phi) is 6.71. The van der Waals surface area contributed by atoms with Gasteiger partial charge in [0, 0.05) is 45.3 Å². The van der Waals surface area contributed by atoms with Gasteiger partial charge in [0.25, 0.3) is 5.91 Å². The monoisotopic (exact) mass is 469 g/mol. The molecule has 4 fully saturated rings. The van der Waals surface area contributed by atoms with Gasteiger partial charge >= 0.3 is 0 Å². The predicted molar refractivity (Wildman–Crippen MR) is 132 cm³/mol. The number of anilines is 2. The number of nitrogens with zero attached hydrogens (tertiary/aromatic N) is 2. The maximum atomic E-state index is 13.4. The Hall–Kier alpha value is -2.32. The van der Waals surface area contributed by atoms with Crippen molar-refractivity contribution < 1.29 is 14.8 Å². The molecule has 3 saturated heterocycles. The van der Waals surface area contributed by atoms with Crippen LogP contribution in [0.4, 0.5) is 11.4 Å². The van der Waals surface area contributed by atoms with E-state index in [0.29, 0.717) is 28.9 Å². The van der Waals surface area contributed by atoms with Crippen molar-refractivity contribution in [3.8, 4) is 0 Å². The average molecular weight is 470 g/mol. The number of piperidine rings is 3. The first-order valence-electron chi connectivity index (χ1n) is 13.1. The normalized spacial score (nSPS) is 26.3. The molecule has 186 valence electrons. The summed E-state index contributed by atoms with van der Waals surface area (Å²) in [6.07, 6.45) is 8.57. The standard InChI is InChI=1S/C26H39N5O3/c1-18-12-21(25(33)30-9-3-2-4-10-30)23(22(13-18)29-34)28-20-6-5-11-31(16-20)24(32)19-14-26(7-8-26)17-27-15-19/h12-13,19-20,27-29,34H,2-11,14-17H2,1H3/t19-,20-/m1/s1. The molecule has 0 bridgehead atoms. The summed E-state index contributed by atoms with van der Waals surface area (Å²) in [7, 11) is 0. The van der Waals surface area contributed by atoms with Crippen LogP contribution in [-0.4, -0.2) is 72.1 Å². The lowest BCUT2D eigenvalue weighted by Crippen LogP contribution is -2.51. The van der Waals surface area contributed by atoms with Crippen LogP contribution in [0.3, 0.4) is 0 Å². The summed E-state index contributed by atoms with van der Waals surface area (Å²) < 4.78 is 0. The molecule has 4 aliphatic rings. The fourth-order valence-electron chi connectivity index (χ4n) is 6.13. The molecule has 0 unspecified atom stereocenters. The lowest BCUT2D eigenvalue weighted by molar-refractivity contribution is -0.137. The van der Waals surface area contributed by atoms with E-state index >= 15 is 0 Å². The molecule has 0 aromatic heterocycles. The molecule has 3 aliphatic heterocycles. The molecule has 1 aliphatic carbocycles. The number of carbonyl (C=O) groups is 2. The minimum absolute atomic E-state index is 0.00848. The highest BCUT2D eigenvalue weighted by Crippen LogP contribution is 2.51. The Morgan fingerprint density at radius 2 is 1.85 bits per heavy atom. The van der Waals surface area contributed by atoms with Gasteiger partial charge in [-0.2, -0.15) is 0 Å². The zero-order chi connectivity index (χ0) is 23.7. The van der Waals surface area contributed by atoms with Gasteiger partial charge in [-0.25, -0.2) is 0 Å². The van der Waals surface area contributed by atoms with Crippen LogP contribution >= 0.6 is 0 Å². The van der Waals surface area contributed by atoms with Crippen molar-refractivity contribution in [3.63, 3.8) is 0 Å². The van der Waals surface area contributed by atoms with Gasteiger partial charge in [-0.3, -0.25) is 20.3 Å². The second kappa shape index (κ2) is 9.74. The van der Waals surface area contributed by atoms with E-state index in [4.69, 9.17) is 0 Å². The molecule has 0 radical (unpaired) electrons. The third kappa shape index (κ3) is 4.89. The Morgan fingerprint density at radius 1 is 1.09 bits per heavy atom. The van der Waals surface area contributed by atoms with Crippen molar-refractivity contribution in [3.05, 3.63) is 23.3 Å². The first kappa shape index (κ1) is 23.4. The molecule has 4 N–H and O–H groups in total. The highest BCUT2D eigenvalue weighted by molar-refractivity contribution is 6.03. The summed E-state index contributed by atoms with van der Waals surface area (Å²) in [6, 6.07) is 3.80. The van der Waals surface area contributed by atoms with Gasteiger partial charge in [0.2, 0.25) is 5.91 Å². The van der Waals surface area contributed by atoms with Gasteiger partial charge in [-0.05, 0) is 81.4 Å². The molecule has 1 spiro atoms. The van der Waals surface area contributed by atoms with Crippen LogP contribution in [0.25, 0.3) is 0 Å². The SMILES string of the molecule is Cc1cc(NO)c(N[C@@H]2CCCN(C(=O)[C@H]3CNCC4(CC4)C3)C2)c(C(=O)N2CCCCC2)c1. The van der Waals surface area contributed by atoms with Gasteiger partial charge in [-0.15, -0.1) is 0 Å². The number of nitrogens with one attached hydrogen (secondary N) is 3. The molecule has 1 aromatic carbocycles. The van der Waals surface area contributed by atoms with Crippen molar-refractivity contribution in [2.24, 2.45) is 11.3 Å². The van der Waals surface area contributed by atoms with Crippen molar-refractivity contribution >= 4 is 23.2 Å². The van der Waals surface area contributed by atoms with Crippen LogP contribution in [0.1, 0.15) is 67.3 Å². The number of hydrogen-bond donors (Lipinski definition) is 4. The smallest absolute Gasteiger partial charge is 0.256 e. The molecular formula is C26H39N5O3. The number of likely N-dealkylation sites (tertiary alicyclic amines) is 2. The lowest BCUT2D eigenvalue weighted by atomic mass is 9.86. The van der Waals surface area contributed by atoms with E-state index in [2.05, 4.69) is 16.1 Å². The number of aryl methyl sites for hydroxylation is 1. The van der Waals surface area contributed by atoms with Crippen LogP contribution in [0.15, 0.2) is 12.1 Å². The summed E-state index contributed by atoms with van der Waals surface area (Å²) in [6.45, 7) is 6.73. The highest BCUT2D eigenvalue weighted by Gasteiger charge is 2.48. The fourth-order valence-corrected chi connectivity index (χ4v) is 6.13. The van der Waals surface area contributed by atoms with E-state index < -0.39 is 0 Å². The van der Waals surface area contributed by atoms with Crippen molar-refractivity contribution in [1.82, 2.24) is 15.1 Å². The van der Waals surface area contributed by atoms with E-state index in [1.807, 2.05) is 28.9 Å². The van der Waals surface area contributed by atoms with E-state index in [-0.39, 0.29) is 23.8 Å². The largest absolute Gasteiger partial charge is 0.378 e.